The van der Waals surface area contributed by atoms with E-state index in [1.54, 1.807) is 0 Å². The Bertz CT molecular complexity index is 824. The van der Waals surface area contributed by atoms with Crippen LogP contribution in [-0.2, 0) is 4.79 Å². The molecular formula is C20H22ClN3O2S. The molecule has 142 valence electrons. The van der Waals surface area contributed by atoms with E-state index in [0.717, 1.165) is 41.2 Å². The third-order valence-corrected chi connectivity index (χ3v) is 6.29. The average molecular weight is 404 g/mol. The van der Waals surface area contributed by atoms with Crippen LogP contribution in [0.2, 0.25) is 5.02 Å². The van der Waals surface area contributed by atoms with Crippen LogP contribution in [0.25, 0.3) is 10.4 Å². The summed E-state index contributed by atoms with van der Waals surface area (Å²) in [5.41, 5.74) is 1.06. The van der Waals surface area contributed by atoms with Crippen LogP contribution in [-0.4, -0.2) is 60.4 Å². The molecule has 1 aromatic heterocycles. The molecule has 2 heterocycles. The lowest BCUT2D eigenvalue weighted by atomic mass is 10.2. The summed E-state index contributed by atoms with van der Waals surface area (Å²) >= 11 is 7.45. The number of benzene rings is 1. The summed E-state index contributed by atoms with van der Waals surface area (Å²) in [6.07, 6.45) is 2.21. The fourth-order valence-electron chi connectivity index (χ4n) is 3.19. The first-order chi connectivity index (χ1) is 13.1. The van der Waals surface area contributed by atoms with Crippen LogP contribution in [0.3, 0.4) is 0 Å². The maximum Gasteiger partial charge on any atom is 0.264 e. The van der Waals surface area contributed by atoms with Gasteiger partial charge in [-0.05, 0) is 42.7 Å². The molecule has 2 aliphatic rings. The smallest absolute Gasteiger partial charge is 0.264 e. The molecule has 4 rings (SSSR count). The lowest BCUT2D eigenvalue weighted by Gasteiger charge is -2.34. The van der Waals surface area contributed by atoms with E-state index in [9.17, 15) is 9.59 Å². The van der Waals surface area contributed by atoms with Crippen molar-refractivity contribution in [2.24, 2.45) is 0 Å². The molecule has 1 N–H and O–H groups in total. The Morgan fingerprint density at radius 1 is 1.04 bits per heavy atom. The van der Waals surface area contributed by atoms with Gasteiger partial charge in [0.15, 0.2) is 0 Å². The molecule has 0 atom stereocenters. The lowest BCUT2D eigenvalue weighted by Crippen LogP contribution is -2.51. The fraction of sp³-hybridized carbons (Fsp3) is 0.400. The number of piperazine rings is 1. The van der Waals surface area contributed by atoms with Crippen molar-refractivity contribution in [3.63, 3.8) is 0 Å². The van der Waals surface area contributed by atoms with Gasteiger partial charge in [0.05, 0.1) is 11.4 Å². The van der Waals surface area contributed by atoms with Gasteiger partial charge in [0.2, 0.25) is 5.91 Å². The minimum Gasteiger partial charge on any atom is -0.352 e. The molecule has 27 heavy (non-hydrogen) atoms. The van der Waals surface area contributed by atoms with Crippen LogP contribution < -0.4 is 5.32 Å². The first kappa shape index (κ1) is 18.5. The molecule has 5 nitrogen and oxygen atoms in total. The summed E-state index contributed by atoms with van der Waals surface area (Å²) in [6.45, 7) is 3.21. The Labute approximate surface area is 167 Å². The van der Waals surface area contributed by atoms with Crippen LogP contribution in [0.1, 0.15) is 22.5 Å². The van der Waals surface area contributed by atoms with Gasteiger partial charge in [-0.25, -0.2) is 0 Å². The van der Waals surface area contributed by atoms with Crippen LogP contribution in [0.5, 0.6) is 0 Å². The highest BCUT2D eigenvalue weighted by atomic mass is 35.5. The summed E-state index contributed by atoms with van der Waals surface area (Å²) in [7, 11) is 0. The second kappa shape index (κ2) is 8.00. The summed E-state index contributed by atoms with van der Waals surface area (Å²) in [5.74, 6) is 0.172. The normalized spacial score (nSPS) is 17.7. The van der Waals surface area contributed by atoms with Crippen molar-refractivity contribution < 1.29 is 9.59 Å². The minimum atomic E-state index is 0.0716. The number of amides is 2. The Morgan fingerprint density at radius 2 is 1.74 bits per heavy atom. The van der Waals surface area contributed by atoms with Crippen molar-refractivity contribution in [2.45, 2.75) is 18.9 Å². The number of nitrogens with zero attached hydrogens (tertiary/aromatic N) is 2. The molecule has 1 aliphatic heterocycles. The van der Waals surface area contributed by atoms with E-state index < -0.39 is 0 Å². The summed E-state index contributed by atoms with van der Waals surface area (Å²) in [4.78, 5) is 30.5. The molecule has 0 spiro atoms. The highest BCUT2D eigenvalue weighted by molar-refractivity contribution is 7.17. The molecule has 0 unspecified atom stereocenters. The molecule has 2 amide bonds. The van der Waals surface area contributed by atoms with Gasteiger partial charge in [0, 0.05) is 42.1 Å². The molecule has 1 saturated heterocycles. The zero-order chi connectivity index (χ0) is 18.8. The highest BCUT2D eigenvalue weighted by Gasteiger charge is 2.27. The topological polar surface area (TPSA) is 52.7 Å². The molecule has 0 radical (unpaired) electrons. The van der Waals surface area contributed by atoms with Gasteiger partial charge < -0.3 is 10.2 Å². The summed E-state index contributed by atoms with van der Waals surface area (Å²) in [5, 5.41) is 3.72. The molecule has 2 aromatic rings. The van der Waals surface area contributed by atoms with E-state index in [4.69, 9.17) is 11.6 Å². The lowest BCUT2D eigenvalue weighted by molar-refractivity contribution is -0.122. The number of hydrogen-bond donors (Lipinski definition) is 1. The van der Waals surface area contributed by atoms with E-state index in [2.05, 4.69) is 10.2 Å². The Hall–Kier alpha value is -1.89. The number of nitrogens with one attached hydrogen (secondary N) is 1. The standard InChI is InChI=1S/C20H22ClN3O2S/c21-15-3-1-14(2-4-15)17-7-8-18(27-17)20(26)24-11-9-23(10-12-24)13-19(25)22-16-5-6-16/h1-4,7-8,16H,5-6,9-13H2,(H,22,25). The maximum atomic E-state index is 12.8. The van der Waals surface area contributed by atoms with Gasteiger partial charge in [0.1, 0.15) is 0 Å². The van der Waals surface area contributed by atoms with E-state index in [1.165, 1.54) is 11.3 Å². The van der Waals surface area contributed by atoms with Gasteiger partial charge in [-0.3, -0.25) is 14.5 Å². The van der Waals surface area contributed by atoms with E-state index in [-0.39, 0.29) is 11.8 Å². The second-order valence-corrected chi connectivity index (χ2v) is 8.60. The van der Waals surface area contributed by atoms with E-state index >= 15 is 0 Å². The van der Waals surface area contributed by atoms with E-state index in [1.807, 2.05) is 41.3 Å². The zero-order valence-electron chi connectivity index (χ0n) is 15.0. The molecule has 2 fully saturated rings. The monoisotopic (exact) mass is 403 g/mol. The van der Waals surface area contributed by atoms with Gasteiger partial charge in [-0.1, -0.05) is 23.7 Å². The largest absolute Gasteiger partial charge is 0.352 e. The zero-order valence-corrected chi connectivity index (χ0v) is 16.6. The van der Waals surface area contributed by atoms with Crippen molar-refractivity contribution in [2.75, 3.05) is 32.7 Å². The highest BCUT2D eigenvalue weighted by Crippen LogP contribution is 2.30. The Balaban J connectivity index is 1.31. The third-order valence-electron chi connectivity index (χ3n) is 4.91. The predicted molar refractivity (Wildman–Crippen MR) is 108 cm³/mol. The Morgan fingerprint density at radius 3 is 2.41 bits per heavy atom. The molecule has 1 saturated carbocycles. The third kappa shape index (κ3) is 4.69. The first-order valence-electron chi connectivity index (χ1n) is 9.25. The van der Waals surface area contributed by atoms with Crippen molar-refractivity contribution in [3.05, 3.63) is 46.3 Å². The SMILES string of the molecule is O=C(CN1CCN(C(=O)c2ccc(-c3ccc(Cl)cc3)s2)CC1)NC1CC1. The van der Waals surface area contributed by atoms with E-state index in [0.29, 0.717) is 30.7 Å². The van der Waals surface area contributed by atoms with Crippen molar-refractivity contribution in [3.8, 4) is 10.4 Å². The number of carbonyl (C=O) groups is 2. The predicted octanol–water partition coefficient (Wildman–Crippen LogP) is 3.10. The number of halogens is 1. The first-order valence-corrected chi connectivity index (χ1v) is 10.4. The second-order valence-electron chi connectivity index (χ2n) is 7.08. The van der Waals surface area contributed by atoms with Crippen LogP contribution in [0, 0.1) is 0 Å². The van der Waals surface area contributed by atoms with Crippen molar-refractivity contribution in [1.82, 2.24) is 15.1 Å². The molecule has 0 bridgehead atoms. The van der Waals surface area contributed by atoms with Crippen molar-refractivity contribution in [1.29, 1.82) is 0 Å². The summed E-state index contributed by atoms with van der Waals surface area (Å²) in [6, 6.07) is 11.9. The maximum absolute atomic E-state index is 12.8. The number of carbonyl (C=O) groups excluding carboxylic acids is 2. The van der Waals surface area contributed by atoms with Gasteiger partial charge in [-0.2, -0.15) is 0 Å². The van der Waals surface area contributed by atoms with Crippen molar-refractivity contribution >= 4 is 34.8 Å². The molecule has 1 aromatic carbocycles. The molecular weight excluding hydrogens is 382 g/mol. The van der Waals surface area contributed by atoms with Crippen LogP contribution in [0.15, 0.2) is 36.4 Å². The molecule has 7 heteroatoms. The number of rotatable bonds is 5. The average Bonchev–Trinajstić information content (AvgIpc) is 3.34. The van der Waals surface area contributed by atoms with Gasteiger partial charge >= 0.3 is 0 Å². The molecule has 1 aliphatic carbocycles. The van der Waals surface area contributed by atoms with Crippen LogP contribution >= 0.6 is 22.9 Å². The number of hydrogen-bond acceptors (Lipinski definition) is 4. The number of thiophene rings is 1. The fourth-order valence-corrected chi connectivity index (χ4v) is 4.30. The quantitative estimate of drug-likeness (QED) is 0.834. The Kier molecular flexibility index (Phi) is 5.48. The minimum absolute atomic E-state index is 0.0716. The van der Waals surface area contributed by atoms with Gasteiger partial charge in [-0.15, -0.1) is 11.3 Å². The summed E-state index contributed by atoms with van der Waals surface area (Å²) < 4.78 is 0. The van der Waals surface area contributed by atoms with Crippen LogP contribution in [0.4, 0.5) is 0 Å². The van der Waals surface area contributed by atoms with Gasteiger partial charge in [0.25, 0.3) is 5.91 Å².